The minimum absolute atomic E-state index is 0.0642. The molecule has 3 aromatic rings. The Kier molecular flexibility index (Phi) is 7.60. The molecule has 0 aliphatic heterocycles. The molecule has 10 heteroatoms. The van der Waals surface area contributed by atoms with Gasteiger partial charge < -0.3 is 10.1 Å². The number of carbonyl (C=O) groups excluding carboxylic acids is 2. The Hall–Kier alpha value is -2.26. The lowest BCUT2D eigenvalue weighted by Gasteiger charge is -2.08. The van der Waals surface area contributed by atoms with E-state index < -0.39 is 5.91 Å². The van der Waals surface area contributed by atoms with E-state index >= 15 is 0 Å². The van der Waals surface area contributed by atoms with Gasteiger partial charge in [-0.2, -0.15) is 0 Å². The van der Waals surface area contributed by atoms with E-state index in [1.54, 1.807) is 24.3 Å². The lowest BCUT2D eigenvalue weighted by molar-refractivity contribution is 0.0500. The fraction of sp³-hybridized carbons (Fsp3) is 0.200. The zero-order chi connectivity index (χ0) is 21.7. The third-order valence-electron chi connectivity index (χ3n) is 3.98. The summed E-state index contributed by atoms with van der Waals surface area (Å²) < 4.78 is 6.02. The number of fused-ring (bicyclic) bond motifs is 1. The summed E-state index contributed by atoms with van der Waals surface area (Å²) in [5, 5.41) is 6.61. The first kappa shape index (κ1) is 22.4. The molecular weight excluding hydrogens is 465 g/mol. The van der Waals surface area contributed by atoms with Gasteiger partial charge >= 0.3 is 5.97 Å². The SMILES string of the molecule is CCCCOC(=O)c1ccc2nc(NC(=S)NC(=O)c3cc(Cl)ccc3Cl)sc2c1. The summed E-state index contributed by atoms with van der Waals surface area (Å²) in [6.07, 6.45) is 1.78. The van der Waals surface area contributed by atoms with Gasteiger partial charge in [0.1, 0.15) is 0 Å². The number of unbranched alkanes of at least 4 members (excludes halogenated alkanes) is 1. The summed E-state index contributed by atoms with van der Waals surface area (Å²) in [6.45, 7) is 2.43. The topological polar surface area (TPSA) is 80.3 Å². The zero-order valence-corrected chi connectivity index (χ0v) is 19.0. The maximum absolute atomic E-state index is 12.4. The third kappa shape index (κ3) is 5.66. The lowest BCUT2D eigenvalue weighted by atomic mass is 10.2. The number of rotatable bonds is 6. The molecule has 2 aromatic carbocycles. The summed E-state index contributed by atoms with van der Waals surface area (Å²) >= 11 is 18.4. The largest absolute Gasteiger partial charge is 0.462 e. The van der Waals surface area contributed by atoms with E-state index in [4.69, 9.17) is 40.2 Å². The molecule has 0 saturated carbocycles. The number of thiazole rings is 1. The molecule has 1 amide bonds. The lowest BCUT2D eigenvalue weighted by Crippen LogP contribution is -2.34. The highest BCUT2D eigenvalue weighted by Crippen LogP contribution is 2.27. The number of nitrogens with zero attached hydrogens (tertiary/aromatic N) is 1. The van der Waals surface area contributed by atoms with Gasteiger partial charge in [-0.1, -0.05) is 47.9 Å². The molecular formula is C20H17Cl2N3O3S2. The number of amides is 1. The first-order chi connectivity index (χ1) is 14.4. The van der Waals surface area contributed by atoms with E-state index in [1.807, 2.05) is 6.92 Å². The van der Waals surface area contributed by atoms with Crippen molar-refractivity contribution in [2.75, 3.05) is 11.9 Å². The molecule has 1 aromatic heterocycles. The predicted molar refractivity (Wildman–Crippen MR) is 125 cm³/mol. The molecule has 0 fully saturated rings. The van der Waals surface area contributed by atoms with Gasteiger partial charge in [0.25, 0.3) is 5.91 Å². The van der Waals surface area contributed by atoms with Crippen molar-refractivity contribution in [3.05, 3.63) is 57.6 Å². The van der Waals surface area contributed by atoms with Gasteiger partial charge in [-0.15, -0.1) is 0 Å². The molecule has 156 valence electrons. The highest BCUT2D eigenvalue weighted by atomic mass is 35.5. The van der Waals surface area contributed by atoms with Gasteiger partial charge in [-0.25, -0.2) is 9.78 Å². The normalized spacial score (nSPS) is 10.6. The molecule has 6 nitrogen and oxygen atoms in total. The molecule has 0 aliphatic carbocycles. The standard InChI is InChI=1S/C20H17Cl2N3O3S2/c1-2-3-8-28-18(27)11-4-7-15-16(9-11)30-20(23-15)25-19(29)24-17(26)13-10-12(21)5-6-14(13)22/h4-7,9-10H,2-3,8H2,1H3,(H2,23,24,25,26,29). The Labute approximate surface area is 192 Å². The minimum atomic E-state index is -0.488. The van der Waals surface area contributed by atoms with Crippen molar-refractivity contribution in [1.29, 1.82) is 0 Å². The number of nitrogens with one attached hydrogen (secondary N) is 2. The van der Waals surface area contributed by atoms with Crippen LogP contribution in [0.4, 0.5) is 5.13 Å². The van der Waals surface area contributed by atoms with Gasteiger partial charge in [-0.3, -0.25) is 10.1 Å². The first-order valence-corrected chi connectivity index (χ1v) is 11.0. The van der Waals surface area contributed by atoms with Crippen molar-refractivity contribution in [2.45, 2.75) is 19.8 Å². The van der Waals surface area contributed by atoms with Crippen LogP contribution in [0.25, 0.3) is 10.2 Å². The van der Waals surface area contributed by atoms with E-state index in [2.05, 4.69) is 15.6 Å². The molecule has 0 radical (unpaired) electrons. The summed E-state index contributed by atoms with van der Waals surface area (Å²) in [7, 11) is 0. The van der Waals surface area contributed by atoms with Crippen molar-refractivity contribution in [3.8, 4) is 0 Å². The predicted octanol–water partition coefficient (Wildman–Crippen LogP) is 5.69. The van der Waals surface area contributed by atoms with Crippen LogP contribution in [0.5, 0.6) is 0 Å². The Bertz CT molecular complexity index is 1120. The Morgan fingerprint density at radius 3 is 2.77 bits per heavy atom. The van der Waals surface area contributed by atoms with Crippen LogP contribution < -0.4 is 10.6 Å². The molecule has 0 bridgehead atoms. The van der Waals surface area contributed by atoms with Crippen molar-refractivity contribution in [2.24, 2.45) is 0 Å². The number of anilines is 1. The molecule has 0 unspecified atom stereocenters. The molecule has 1 heterocycles. The Morgan fingerprint density at radius 1 is 1.20 bits per heavy atom. The fourth-order valence-corrected chi connectivity index (χ4v) is 4.01. The van der Waals surface area contributed by atoms with Crippen molar-refractivity contribution >= 4 is 79.1 Å². The molecule has 0 saturated heterocycles. The van der Waals surface area contributed by atoms with Crippen LogP contribution in [0.2, 0.25) is 10.0 Å². The smallest absolute Gasteiger partial charge is 0.338 e. The summed E-state index contributed by atoms with van der Waals surface area (Å²) in [4.78, 5) is 28.9. The third-order valence-corrected chi connectivity index (χ3v) is 5.68. The van der Waals surface area contributed by atoms with Gasteiger partial charge in [0, 0.05) is 5.02 Å². The van der Waals surface area contributed by atoms with Crippen LogP contribution in [0.15, 0.2) is 36.4 Å². The quantitative estimate of drug-likeness (QED) is 0.267. The molecule has 0 atom stereocenters. The number of halogens is 2. The first-order valence-electron chi connectivity index (χ1n) is 9.02. The average molecular weight is 482 g/mol. The number of aromatic nitrogens is 1. The molecule has 2 N–H and O–H groups in total. The molecule has 0 spiro atoms. The van der Waals surface area contributed by atoms with E-state index in [-0.39, 0.29) is 21.7 Å². The van der Waals surface area contributed by atoms with E-state index in [0.29, 0.717) is 27.8 Å². The van der Waals surface area contributed by atoms with Crippen LogP contribution in [-0.2, 0) is 4.74 Å². The van der Waals surface area contributed by atoms with Crippen molar-refractivity contribution in [1.82, 2.24) is 10.3 Å². The number of thiocarbonyl (C=S) groups is 1. The second-order valence-corrected chi connectivity index (χ2v) is 8.51. The van der Waals surface area contributed by atoms with Gasteiger partial charge in [-0.05, 0) is 55.0 Å². The monoisotopic (exact) mass is 481 g/mol. The van der Waals surface area contributed by atoms with E-state index in [9.17, 15) is 9.59 Å². The Morgan fingerprint density at radius 2 is 2.00 bits per heavy atom. The second kappa shape index (κ2) is 10.2. The minimum Gasteiger partial charge on any atom is -0.462 e. The average Bonchev–Trinajstić information content (AvgIpc) is 3.10. The number of hydrogen-bond acceptors (Lipinski definition) is 6. The van der Waals surface area contributed by atoms with E-state index in [1.165, 1.54) is 23.5 Å². The summed E-state index contributed by atoms with van der Waals surface area (Å²) in [5.74, 6) is -0.854. The van der Waals surface area contributed by atoms with E-state index in [0.717, 1.165) is 17.5 Å². The second-order valence-electron chi connectivity index (χ2n) is 6.22. The number of carbonyl (C=O) groups is 2. The number of ether oxygens (including phenoxy) is 1. The van der Waals surface area contributed by atoms with Crippen LogP contribution in [0, 0.1) is 0 Å². The Balaban J connectivity index is 1.66. The van der Waals surface area contributed by atoms with Gasteiger partial charge in [0.2, 0.25) is 0 Å². The van der Waals surface area contributed by atoms with Gasteiger partial charge in [0.05, 0.1) is 33.0 Å². The fourth-order valence-electron chi connectivity index (χ4n) is 2.47. The highest BCUT2D eigenvalue weighted by Gasteiger charge is 2.15. The van der Waals surface area contributed by atoms with Gasteiger partial charge in [0.15, 0.2) is 10.2 Å². The van der Waals surface area contributed by atoms with Crippen molar-refractivity contribution < 1.29 is 14.3 Å². The summed E-state index contributed by atoms with van der Waals surface area (Å²) in [5.41, 5.74) is 1.36. The van der Waals surface area contributed by atoms with Crippen LogP contribution in [0.1, 0.15) is 40.5 Å². The van der Waals surface area contributed by atoms with Crippen LogP contribution in [0.3, 0.4) is 0 Å². The molecule has 0 aliphatic rings. The zero-order valence-electron chi connectivity index (χ0n) is 15.8. The maximum atomic E-state index is 12.4. The van der Waals surface area contributed by atoms with Crippen LogP contribution in [-0.4, -0.2) is 28.6 Å². The number of esters is 1. The number of benzene rings is 2. The number of hydrogen-bond donors (Lipinski definition) is 2. The van der Waals surface area contributed by atoms with Crippen LogP contribution >= 0.6 is 46.8 Å². The summed E-state index contributed by atoms with van der Waals surface area (Å²) in [6, 6.07) is 9.71. The molecule has 30 heavy (non-hydrogen) atoms. The highest BCUT2D eigenvalue weighted by molar-refractivity contribution is 7.80. The van der Waals surface area contributed by atoms with Crippen molar-refractivity contribution in [3.63, 3.8) is 0 Å². The maximum Gasteiger partial charge on any atom is 0.338 e. The molecule has 3 rings (SSSR count).